The van der Waals surface area contributed by atoms with E-state index in [1.165, 1.54) is 4.90 Å². The molecule has 0 fully saturated rings. The highest BCUT2D eigenvalue weighted by molar-refractivity contribution is 5.98. The van der Waals surface area contributed by atoms with Gasteiger partial charge in [0, 0.05) is 25.3 Å². The number of primary amides is 1. The van der Waals surface area contributed by atoms with Crippen LogP contribution in [0.15, 0.2) is 24.3 Å². The van der Waals surface area contributed by atoms with Crippen LogP contribution >= 0.6 is 0 Å². The largest absolute Gasteiger partial charge is 0.352 e. The summed E-state index contributed by atoms with van der Waals surface area (Å²) in [4.78, 5) is 36.7. The molecule has 1 aromatic carbocycles. The van der Waals surface area contributed by atoms with E-state index in [9.17, 15) is 14.4 Å². The fourth-order valence-electron chi connectivity index (χ4n) is 2.03. The fraction of sp³-hybridized carbons (Fsp3) is 0.438. The SMILES string of the molecule is CC[C@@H](C)[C@@H](NC(N)=O)C(=O)Nc1ccc(C(=O)N(C)C)cc1. The molecule has 1 rings (SSSR count). The highest BCUT2D eigenvalue weighted by Crippen LogP contribution is 2.14. The molecule has 0 saturated carbocycles. The Labute approximate surface area is 136 Å². The number of urea groups is 1. The average molecular weight is 320 g/mol. The molecule has 126 valence electrons. The summed E-state index contributed by atoms with van der Waals surface area (Å²) in [6, 6.07) is 5.12. The molecule has 0 saturated heterocycles. The van der Waals surface area contributed by atoms with Crippen molar-refractivity contribution in [2.75, 3.05) is 19.4 Å². The predicted octanol–water partition coefficient (Wildman–Crippen LogP) is 1.41. The van der Waals surface area contributed by atoms with E-state index < -0.39 is 12.1 Å². The van der Waals surface area contributed by atoms with Crippen LogP contribution in [0.2, 0.25) is 0 Å². The first kappa shape index (κ1) is 18.5. The smallest absolute Gasteiger partial charge is 0.312 e. The molecule has 0 spiro atoms. The standard InChI is InChI=1S/C16H24N4O3/c1-5-10(2)13(19-16(17)23)14(21)18-12-8-6-11(7-9-12)15(22)20(3)4/h6-10,13H,5H2,1-4H3,(H,18,21)(H3,17,19,23)/t10-,13-/m1/s1. The lowest BCUT2D eigenvalue weighted by Crippen LogP contribution is -2.49. The molecule has 0 aromatic heterocycles. The number of nitrogens with zero attached hydrogens (tertiary/aromatic N) is 1. The van der Waals surface area contributed by atoms with Gasteiger partial charge < -0.3 is 21.3 Å². The normalized spacial score (nSPS) is 12.9. The number of carbonyl (C=O) groups excluding carboxylic acids is 3. The molecular formula is C16H24N4O3. The summed E-state index contributed by atoms with van der Waals surface area (Å²) in [7, 11) is 3.34. The number of carbonyl (C=O) groups is 3. The molecule has 1 aromatic rings. The molecule has 0 radical (unpaired) electrons. The van der Waals surface area contributed by atoms with Crippen LogP contribution in [0.5, 0.6) is 0 Å². The number of amides is 4. The van der Waals surface area contributed by atoms with E-state index >= 15 is 0 Å². The maximum Gasteiger partial charge on any atom is 0.312 e. The first-order valence-corrected chi connectivity index (χ1v) is 7.44. The molecule has 0 aliphatic heterocycles. The van der Waals surface area contributed by atoms with E-state index in [1.54, 1.807) is 38.4 Å². The summed E-state index contributed by atoms with van der Waals surface area (Å²) in [5, 5.41) is 5.19. The Bertz CT molecular complexity index is 569. The first-order chi connectivity index (χ1) is 10.8. The third kappa shape index (κ3) is 5.28. The quantitative estimate of drug-likeness (QED) is 0.738. The summed E-state index contributed by atoms with van der Waals surface area (Å²) < 4.78 is 0. The molecule has 0 aliphatic carbocycles. The Morgan fingerprint density at radius 2 is 1.74 bits per heavy atom. The number of rotatable bonds is 6. The number of hydrogen-bond donors (Lipinski definition) is 3. The van der Waals surface area contributed by atoms with Crippen molar-refractivity contribution < 1.29 is 14.4 Å². The molecule has 7 nitrogen and oxygen atoms in total. The lowest BCUT2D eigenvalue weighted by Gasteiger charge is -2.22. The summed E-state index contributed by atoms with van der Waals surface area (Å²) in [5.74, 6) is -0.516. The van der Waals surface area contributed by atoms with Gasteiger partial charge in [-0.25, -0.2) is 4.79 Å². The van der Waals surface area contributed by atoms with Crippen molar-refractivity contribution in [3.05, 3.63) is 29.8 Å². The van der Waals surface area contributed by atoms with Gasteiger partial charge in [-0.05, 0) is 30.2 Å². The fourth-order valence-corrected chi connectivity index (χ4v) is 2.03. The number of anilines is 1. The molecule has 0 bridgehead atoms. The second-order valence-electron chi connectivity index (χ2n) is 5.64. The third-order valence-corrected chi connectivity index (χ3v) is 3.60. The first-order valence-electron chi connectivity index (χ1n) is 7.44. The maximum absolute atomic E-state index is 12.3. The van der Waals surface area contributed by atoms with E-state index in [2.05, 4.69) is 10.6 Å². The topological polar surface area (TPSA) is 105 Å². The predicted molar refractivity (Wildman–Crippen MR) is 89.1 cm³/mol. The Morgan fingerprint density at radius 3 is 2.17 bits per heavy atom. The Morgan fingerprint density at radius 1 is 1.17 bits per heavy atom. The average Bonchev–Trinajstić information content (AvgIpc) is 2.51. The van der Waals surface area contributed by atoms with Crippen LogP contribution in [0, 0.1) is 5.92 Å². The van der Waals surface area contributed by atoms with Gasteiger partial charge >= 0.3 is 6.03 Å². The molecule has 23 heavy (non-hydrogen) atoms. The highest BCUT2D eigenvalue weighted by atomic mass is 16.2. The molecule has 4 amide bonds. The third-order valence-electron chi connectivity index (χ3n) is 3.60. The van der Waals surface area contributed by atoms with Gasteiger partial charge in [-0.15, -0.1) is 0 Å². The summed E-state index contributed by atoms with van der Waals surface area (Å²) in [5.41, 5.74) is 6.20. The summed E-state index contributed by atoms with van der Waals surface area (Å²) in [6.45, 7) is 3.79. The van der Waals surface area contributed by atoms with E-state index in [0.29, 0.717) is 17.7 Å². The van der Waals surface area contributed by atoms with E-state index in [4.69, 9.17) is 5.73 Å². The van der Waals surface area contributed by atoms with Crippen LogP contribution in [-0.4, -0.2) is 42.9 Å². The minimum atomic E-state index is -0.739. The molecule has 7 heteroatoms. The second kappa shape index (κ2) is 8.17. The Kier molecular flexibility index (Phi) is 6.56. The zero-order valence-corrected chi connectivity index (χ0v) is 13.9. The van der Waals surface area contributed by atoms with Crippen LogP contribution in [-0.2, 0) is 4.79 Å². The Balaban J connectivity index is 2.82. The van der Waals surface area contributed by atoms with Gasteiger partial charge in [-0.3, -0.25) is 9.59 Å². The van der Waals surface area contributed by atoms with Gasteiger partial charge in [0.25, 0.3) is 5.91 Å². The monoisotopic (exact) mass is 320 g/mol. The number of benzene rings is 1. The lowest BCUT2D eigenvalue weighted by atomic mass is 9.98. The zero-order chi connectivity index (χ0) is 17.6. The van der Waals surface area contributed by atoms with Crippen molar-refractivity contribution in [1.82, 2.24) is 10.2 Å². The van der Waals surface area contributed by atoms with Gasteiger partial charge in [0.2, 0.25) is 5.91 Å². The second-order valence-corrected chi connectivity index (χ2v) is 5.64. The maximum atomic E-state index is 12.3. The molecular weight excluding hydrogens is 296 g/mol. The van der Waals surface area contributed by atoms with Crippen molar-refractivity contribution in [3.63, 3.8) is 0 Å². The number of hydrogen-bond acceptors (Lipinski definition) is 3. The minimum Gasteiger partial charge on any atom is -0.352 e. The van der Waals surface area contributed by atoms with Gasteiger partial charge in [-0.1, -0.05) is 20.3 Å². The van der Waals surface area contributed by atoms with Crippen LogP contribution in [0.4, 0.5) is 10.5 Å². The van der Waals surface area contributed by atoms with E-state index in [0.717, 1.165) is 0 Å². The minimum absolute atomic E-state index is 0.0582. The van der Waals surface area contributed by atoms with Crippen molar-refractivity contribution in [2.45, 2.75) is 26.3 Å². The van der Waals surface area contributed by atoms with E-state index in [-0.39, 0.29) is 17.7 Å². The van der Waals surface area contributed by atoms with Crippen molar-refractivity contribution >= 4 is 23.5 Å². The van der Waals surface area contributed by atoms with E-state index in [1.807, 2.05) is 13.8 Å². The number of nitrogens with two attached hydrogens (primary N) is 1. The van der Waals surface area contributed by atoms with Crippen molar-refractivity contribution in [1.29, 1.82) is 0 Å². The molecule has 0 heterocycles. The highest BCUT2D eigenvalue weighted by Gasteiger charge is 2.25. The lowest BCUT2D eigenvalue weighted by molar-refractivity contribution is -0.119. The van der Waals surface area contributed by atoms with Gasteiger partial charge in [0.1, 0.15) is 6.04 Å². The van der Waals surface area contributed by atoms with Crippen LogP contribution < -0.4 is 16.4 Å². The number of nitrogens with one attached hydrogen (secondary N) is 2. The zero-order valence-electron chi connectivity index (χ0n) is 13.9. The van der Waals surface area contributed by atoms with Crippen LogP contribution in [0.3, 0.4) is 0 Å². The molecule has 4 N–H and O–H groups in total. The molecule has 2 atom stereocenters. The molecule has 0 aliphatic rings. The van der Waals surface area contributed by atoms with Gasteiger partial charge in [0.05, 0.1) is 0 Å². The van der Waals surface area contributed by atoms with Crippen LogP contribution in [0.25, 0.3) is 0 Å². The van der Waals surface area contributed by atoms with Crippen molar-refractivity contribution in [2.24, 2.45) is 11.7 Å². The van der Waals surface area contributed by atoms with Crippen LogP contribution in [0.1, 0.15) is 30.6 Å². The van der Waals surface area contributed by atoms with Crippen molar-refractivity contribution in [3.8, 4) is 0 Å². The summed E-state index contributed by atoms with van der Waals surface area (Å²) >= 11 is 0. The van der Waals surface area contributed by atoms with Gasteiger partial charge in [-0.2, -0.15) is 0 Å². The van der Waals surface area contributed by atoms with Gasteiger partial charge in [0.15, 0.2) is 0 Å². The molecule has 0 unspecified atom stereocenters. The Hall–Kier alpha value is -2.57. The summed E-state index contributed by atoms with van der Waals surface area (Å²) in [6.07, 6.45) is 0.717.